The standard InChI is InChI=1S/C33H36F3N3O3/c1-37-29-17-16-27(19-28(29)33(34,35)36)39-31(41)32(42,25-8-3-2-4-9-25)20-21-6-5-7-24(18-21)22-10-12-23(13-11-22)30(40)38-26-14-15-26/h5-7,10-13,16-19,25-26,37,42H,2-4,8-9,14-15,20H2,1H3,(H,38,40)(H,39,41). The van der Waals surface area contributed by atoms with Gasteiger partial charge in [-0.3, -0.25) is 9.59 Å². The highest BCUT2D eigenvalue weighted by molar-refractivity contribution is 5.98. The number of aliphatic hydroxyl groups is 1. The second-order valence-corrected chi connectivity index (χ2v) is 11.4. The highest BCUT2D eigenvalue weighted by Gasteiger charge is 2.44. The molecule has 0 spiro atoms. The van der Waals surface area contributed by atoms with Crippen LogP contribution in [0.25, 0.3) is 11.1 Å². The van der Waals surface area contributed by atoms with E-state index in [1.54, 1.807) is 12.1 Å². The van der Waals surface area contributed by atoms with Crippen molar-refractivity contribution in [2.45, 2.75) is 69.2 Å². The minimum atomic E-state index is -4.61. The van der Waals surface area contributed by atoms with Gasteiger partial charge < -0.3 is 21.1 Å². The smallest absolute Gasteiger partial charge is 0.388 e. The molecule has 222 valence electrons. The van der Waals surface area contributed by atoms with Gasteiger partial charge >= 0.3 is 6.18 Å². The van der Waals surface area contributed by atoms with Gasteiger partial charge in [0.25, 0.3) is 11.8 Å². The summed E-state index contributed by atoms with van der Waals surface area (Å²) in [6, 6.07) is 18.6. The molecule has 4 N–H and O–H groups in total. The number of benzene rings is 3. The predicted octanol–water partition coefficient (Wildman–Crippen LogP) is 6.80. The molecule has 2 saturated carbocycles. The third-order valence-electron chi connectivity index (χ3n) is 8.32. The molecular formula is C33H36F3N3O3. The van der Waals surface area contributed by atoms with Gasteiger partial charge in [-0.2, -0.15) is 13.2 Å². The van der Waals surface area contributed by atoms with Crippen LogP contribution in [0.4, 0.5) is 24.5 Å². The van der Waals surface area contributed by atoms with Crippen LogP contribution in [0.2, 0.25) is 0 Å². The molecule has 3 aromatic rings. The SMILES string of the molecule is CNc1ccc(NC(=O)C(O)(Cc2cccc(-c3ccc(C(=O)NC4CC4)cc3)c2)C2CCCCC2)cc1C(F)(F)F. The molecule has 0 aliphatic heterocycles. The molecule has 9 heteroatoms. The second-order valence-electron chi connectivity index (χ2n) is 11.4. The van der Waals surface area contributed by atoms with Crippen LogP contribution in [0.5, 0.6) is 0 Å². The zero-order chi connectivity index (χ0) is 29.9. The van der Waals surface area contributed by atoms with E-state index in [0.717, 1.165) is 54.9 Å². The molecule has 2 amide bonds. The maximum absolute atomic E-state index is 13.7. The van der Waals surface area contributed by atoms with Crippen molar-refractivity contribution in [3.63, 3.8) is 0 Å². The van der Waals surface area contributed by atoms with E-state index in [9.17, 15) is 27.9 Å². The summed E-state index contributed by atoms with van der Waals surface area (Å²) in [6.07, 6.45) is 1.49. The lowest BCUT2D eigenvalue weighted by atomic mass is 9.73. The van der Waals surface area contributed by atoms with Crippen LogP contribution in [0.1, 0.15) is 66.4 Å². The fourth-order valence-corrected chi connectivity index (χ4v) is 5.79. The normalized spacial score (nSPS) is 17.3. The number of amides is 2. The topological polar surface area (TPSA) is 90.5 Å². The number of halogens is 3. The van der Waals surface area contributed by atoms with E-state index in [-0.39, 0.29) is 35.7 Å². The lowest BCUT2D eigenvalue weighted by Crippen LogP contribution is -2.51. The highest BCUT2D eigenvalue weighted by atomic mass is 19.4. The molecule has 0 bridgehead atoms. The van der Waals surface area contributed by atoms with E-state index in [1.165, 1.54) is 19.2 Å². The first-order valence-electron chi connectivity index (χ1n) is 14.5. The Hall–Kier alpha value is -3.85. The zero-order valence-electron chi connectivity index (χ0n) is 23.6. The van der Waals surface area contributed by atoms with Crippen molar-refractivity contribution in [3.05, 3.63) is 83.4 Å². The van der Waals surface area contributed by atoms with E-state index in [0.29, 0.717) is 18.4 Å². The first kappa shape index (κ1) is 29.6. The molecule has 0 radical (unpaired) electrons. The first-order chi connectivity index (χ1) is 20.1. The third-order valence-corrected chi connectivity index (χ3v) is 8.32. The van der Waals surface area contributed by atoms with E-state index in [1.807, 2.05) is 36.4 Å². The summed E-state index contributed by atoms with van der Waals surface area (Å²) >= 11 is 0. The molecule has 3 aromatic carbocycles. The lowest BCUT2D eigenvalue weighted by Gasteiger charge is -2.37. The van der Waals surface area contributed by atoms with Crippen molar-refractivity contribution in [2.75, 3.05) is 17.7 Å². The van der Waals surface area contributed by atoms with Gasteiger partial charge in [-0.15, -0.1) is 0 Å². The fourth-order valence-electron chi connectivity index (χ4n) is 5.79. The summed E-state index contributed by atoms with van der Waals surface area (Å²) in [5, 5.41) is 20.1. The Kier molecular flexibility index (Phi) is 8.59. The quantitative estimate of drug-likeness (QED) is 0.225. The van der Waals surface area contributed by atoms with E-state index >= 15 is 0 Å². The Morgan fingerprint density at radius 3 is 2.24 bits per heavy atom. The summed E-state index contributed by atoms with van der Waals surface area (Å²) in [5.74, 6) is -1.14. The molecule has 42 heavy (non-hydrogen) atoms. The number of hydrogen-bond acceptors (Lipinski definition) is 4. The molecular weight excluding hydrogens is 543 g/mol. The fraction of sp³-hybridized carbons (Fsp3) is 0.394. The number of nitrogens with one attached hydrogen (secondary N) is 3. The minimum absolute atomic E-state index is 0.0138. The Labute approximate surface area is 243 Å². The average Bonchev–Trinajstić information content (AvgIpc) is 3.81. The number of rotatable bonds is 9. The van der Waals surface area contributed by atoms with Gasteiger partial charge in [0.05, 0.1) is 5.56 Å². The second kappa shape index (κ2) is 12.2. The maximum Gasteiger partial charge on any atom is 0.418 e. The van der Waals surface area contributed by atoms with Crippen LogP contribution in [0, 0.1) is 5.92 Å². The predicted molar refractivity (Wildman–Crippen MR) is 157 cm³/mol. The molecule has 2 fully saturated rings. The van der Waals surface area contributed by atoms with Gasteiger partial charge in [0.1, 0.15) is 5.60 Å². The van der Waals surface area contributed by atoms with E-state index in [2.05, 4.69) is 16.0 Å². The van der Waals surface area contributed by atoms with Gasteiger partial charge in [0.15, 0.2) is 0 Å². The summed E-state index contributed by atoms with van der Waals surface area (Å²) < 4.78 is 40.9. The monoisotopic (exact) mass is 579 g/mol. The molecule has 0 saturated heterocycles. The molecule has 6 nitrogen and oxygen atoms in total. The van der Waals surface area contributed by atoms with Crippen LogP contribution in [-0.4, -0.2) is 35.6 Å². The lowest BCUT2D eigenvalue weighted by molar-refractivity contribution is -0.142. The minimum Gasteiger partial charge on any atom is -0.388 e. The van der Waals surface area contributed by atoms with Crippen molar-refractivity contribution < 1.29 is 27.9 Å². The van der Waals surface area contributed by atoms with Gasteiger partial charge in [-0.05, 0) is 78.6 Å². The first-order valence-corrected chi connectivity index (χ1v) is 14.5. The van der Waals surface area contributed by atoms with Crippen LogP contribution < -0.4 is 16.0 Å². The number of carbonyl (C=O) groups is 2. The number of hydrogen-bond donors (Lipinski definition) is 4. The summed E-state index contributed by atoms with van der Waals surface area (Å²) in [6.45, 7) is 0. The van der Waals surface area contributed by atoms with Crippen molar-refractivity contribution in [2.24, 2.45) is 5.92 Å². The Balaban J connectivity index is 1.38. The maximum atomic E-state index is 13.7. The van der Waals surface area contributed by atoms with Crippen molar-refractivity contribution in [3.8, 4) is 11.1 Å². The summed E-state index contributed by atoms with van der Waals surface area (Å²) in [4.78, 5) is 26.1. The Morgan fingerprint density at radius 1 is 0.881 bits per heavy atom. The molecule has 5 rings (SSSR count). The van der Waals surface area contributed by atoms with Gasteiger partial charge in [0, 0.05) is 36.4 Å². The van der Waals surface area contributed by atoms with Crippen molar-refractivity contribution >= 4 is 23.2 Å². The summed E-state index contributed by atoms with van der Waals surface area (Å²) in [7, 11) is 1.40. The number of anilines is 2. The van der Waals surface area contributed by atoms with Gasteiger partial charge in [0.2, 0.25) is 0 Å². The van der Waals surface area contributed by atoms with Gasteiger partial charge in [-0.25, -0.2) is 0 Å². The van der Waals surface area contributed by atoms with Crippen LogP contribution >= 0.6 is 0 Å². The molecule has 0 heterocycles. The van der Waals surface area contributed by atoms with E-state index in [4.69, 9.17) is 0 Å². The largest absolute Gasteiger partial charge is 0.418 e. The van der Waals surface area contributed by atoms with Crippen LogP contribution in [0.15, 0.2) is 66.7 Å². The molecule has 2 aliphatic rings. The number of alkyl halides is 3. The van der Waals surface area contributed by atoms with Crippen LogP contribution in [0.3, 0.4) is 0 Å². The highest BCUT2D eigenvalue weighted by Crippen LogP contribution is 2.39. The van der Waals surface area contributed by atoms with Gasteiger partial charge in [-0.1, -0.05) is 55.7 Å². The average molecular weight is 580 g/mol. The zero-order valence-corrected chi connectivity index (χ0v) is 23.6. The van der Waals surface area contributed by atoms with Crippen LogP contribution in [-0.2, 0) is 17.4 Å². The Morgan fingerprint density at radius 2 is 1.60 bits per heavy atom. The van der Waals surface area contributed by atoms with Crippen molar-refractivity contribution in [1.82, 2.24) is 5.32 Å². The van der Waals surface area contributed by atoms with E-state index < -0.39 is 23.2 Å². The molecule has 1 unspecified atom stereocenters. The third kappa shape index (κ3) is 6.78. The Bertz CT molecular complexity index is 1430. The summed E-state index contributed by atoms with van der Waals surface area (Å²) in [5.41, 5.74) is 0.225. The molecule has 0 aromatic heterocycles. The van der Waals surface area contributed by atoms with Crippen molar-refractivity contribution in [1.29, 1.82) is 0 Å². The molecule has 1 atom stereocenters. The molecule has 2 aliphatic carbocycles. The number of carbonyl (C=O) groups excluding carboxylic acids is 2.